The van der Waals surface area contributed by atoms with Gasteiger partial charge in [-0.15, -0.1) is 0 Å². The van der Waals surface area contributed by atoms with E-state index in [0.717, 1.165) is 0 Å². The van der Waals surface area contributed by atoms with Crippen molar-refractivity contribution in [2.45, 2.75) is 53.2 Å². The highest BCUT2D eigenvalue weighted by molar-refractivity contribution is 5.83. The molecule has 0 aliphatic rings. The lowest BCUT2D eigenvalue weighted by Gasteiger charge is -2.17. The lowest BCUT2D eigenvalue weighted by Crippen LogP contribution is -2.42. The van der Waals surface area contributed by atoms with Crippen LogP contribution in [0, 0.1) is 5.92 Å². The van der Waals surface area contributed by atoms with Crippen molar-refractivity contribution in [1.82, 2.24) is 14.9 Å². The average molecular weight is 280 g/mol. The Morgan fingerprint density at radius 1 is 1.30 bits per heavy atom. The van der Waals surface area contributed by atoms with Crippen molar-refractivity contribution in [3.05, 3.63) is 22.7 Å². The predicted octanol–water partition coefficient (Wildman–Crippen LogP) is 1.22. The first kappa shape index (κ1) is 16.2. The third kappa shape index (κ3) is 4.68. The van der Waals surface area contributed by atoms with Crippen LogP contribution in [-0.2, 0) is 11.3 Å². The summed E-state index contributed by atoms with van der Waals surface area (Å²) in [4.78, 5) is 28.0. The van der Waals surface area contributed by atoms with Crippen LogP contribution in [0.3, 0.4) is 0 Å². The van der Waals surface area contributed by atoms with Crippen molar-refractivity contribution < 1.29 is 4.79 Å². The summed E-state index contributed by atoms with van der Waals surface area (Å²) in [5.74, 6) is 0.421. The maximum Gasteiger partial charge on any atom is 0.293 e. The van der Waals surface area contributed by atoms with Gasteiger partial charge in [0.2, 0.25) is 5.91 Å². The van der Waals surface area contributed by atoms with Crippen LogP contribution in [-0.4, -0.2) is 27.5 Å². The minimum absolute atomic E-state index is 0.0630. The van der Waals surface area contributed by atoms with Gasteiger partial charge in [0.05, 0.1) is 0 Å². The molecule has 0 bridgehead atoms. The van der Waals surface area contributed by atoms with Crippen molar-refractivity contribution in [2.75, 3.05) is 5.32 Å². The number of hydrogen-bond donors (Lipinski definition) is 2. The van der Waals surface area contributed by atoms with Crippen LogP contribution in [0.15, 0.2) is 17.2 Å². The Kier molecular flexibility index (Phi) is 5.73. The fourth-order valence-electron chi connectivity index (χ4n) is 1.76. The Bertz CT molecular complexity index is 508. The molecule has 1 rings (SSSR count). The molecule has 0 spiro atoms. The van der Waals surface area contributed by atoms with E-state index < -0.39 is 6.04 Å². The number of rotatable bonds is 6. The van der Waals surface area contributed by atoms with Crippen molar-refractivity contribution in [3.8, 4) is 0 Å². The molecule has 0 aliphatic carbocycles. The summed E-state index contributed by atoms with van der Waals surface area (Å²) in [7, 11) is 0. The highest BCUT2D eigenvalue weighted by Crippen LogP contribution is 2.00. The Hall–Kier alpha value is -1.85. The average Bonchev–Trinajstić information content (AvgIpc) is 2.32. The van der Waals surface area contributed by atoms with E-state index in [4.69, 9.17) is 0 Å². The summed E-state index contributed by atoms with van der Waals surface area (Å²) in [6.07, 6.45) is 3.23. The Morgan fingerprint density at radius 3 is 2.50 bits per heavy atom. The summed E-state index contributed by atoms with van der Waals surface area (Å²) in [6, 6.07) is -0.444. The number of carbonyl (C=O) groups excluding carboxylic acids is 1. The van der Waals surface area contributed by atoms with Gasteiger partial charge in [-0.3, -0.25) is 9.59 Å². The number of aromatic nitrogens is 2. The van der Waals surface area contributed by atoms with E-state index in [2.05, 4.69) is 15.6 Å². The number of hydrogen-bond acceptors (Lipinski definition) is 4. The van der Waals surface area contributed by atoms with Crippen LogP contribution in [0.25, 0.3) is 0 Å². The van der Waals surface area contributed by atoms with Gasteiger partial charge in [-0.25, -0.2) is 4.98 Å². The number of amides is 1. The van der Waals surface area contributed by atoms with E-state index in [1.54, 1.807) is 23.9 Å². The van der Waals surface area contributed by atoms with E-state index in [9.17, 15) is 9.59 Å². The molecule has 1 aromatic rings. The van der Waals surface area contributed by atoms with Crippen LogP contribution in [0.1, 0.15) is 34.6 Å². The number of nitrogens with zero attached hydrogens (tertiary/aromatic N) is 2. The number of anilines is 1. The molecule has 0 aliphatic heterocycles. The van der Waals surface area contributed by atoms with Crippen molar-refractivity contribution in [3.63, 3.8) is 0 Å². The quantitative estimate of drug-likeness (QED) is 0.821. The Morgan fingerprint density at radius 2 is 1.95 bits per heavy atom. The maximum atomic E-state index is 12.2. The fourth-order valence-corrected chi connectivity index (χ4v) is 1.76. The van der Waals surface area contributed by atoms with Crippen LogP contribution in [0.5, 0.6) is 0 Å². The molecule has 6 nitrogen and oxygen atoms in total. The predicted molar refractivity (Wildman–Crippen MR) is 79.7 cm³/mol. The molecule has 6 heteroatoms. The van der Waals surface area contributed by atoms with Crippen molar-refractivity contribution in [2.24, 2.45) is 5.92 Å². The minimum Gasteiger partial charge on any atom is -0.354 e. The summed E-state index contributed by atoms with van der Waals surface area (Å²) >= 11 is 0. The number of nitrogens with one attached hydrogen (secondary N) is 2. The Labute approximate surface area is 119 Å². The van der Waals surface area contributed by atoms with Gasteiger partial charge >= 0.3 is 0 Å². The van der Waals surface area contributed by atoms with Gasteiger partial charge < -0.3 is 15.2 Å². The largest absolute Gasteiger partial charge is 0.354 e. The Balaban J connectivity index is 2.82. The lowest BCUT2D eigenvalue weighted by atomic mass is 10.2. The summed E-state index contributed by atoms with van der Waals surface area (Å²) in [6.45, 7) is 10.2. The third-order valence-electron chi connectivity index (χ3n) is 2.65. The highest BCUT2D eigenvalue weighted by Gasteiger charge is 2.16. The SMILES string of the molecule is CC(C)Cn1ccnc(NC(C)C(=O)NC(C)C)c1=O. The molecule has 112 valence electrons. The van der Waals surface area contributed by atoms with Crippen LogP contribution >= 0.6 is 0 Å². The van der Waals surface area contributed by atoms with E-state index >= 15 is 0 Å². The molecule has 0 saturated carbocycles. The molecule has 1 unspecified atom stereocenters. The molecular formula is C14H24N4O2. The number of carbonyl (C=O) groups is 1. The van der Waals surface area contributed by atoms with Gasteiger partial charge in [0.1, 0.15) is 6.04 Å². The van der Waals surface area contributed by atoms with Gasteiger partial charge in [-0.05, 0) is 26.7 Å². The van der Waals surface area contributed by atoms with Crippen molar-refractivity contribution in [1.29, 1.82) is 0 Å². The second kappa shape index (κ2) is 7.07. The molecule has 1 heterocycles. The summed E-state index contributed by atoms with van der Waals surface area (Å²) in [5.41, 5.74) is -0.203. The molecule has 0 fully saturated rings. The molecule has 0 saturated heterocycles. The molecule has 20 heavy (non-hydrogen) atoms. The van der Waals surface area contributed by atoms with E-state index in [1.165, 1.54) is 0 Å². The van der Waals surface area contributed by atoms with Gasteiger partial charge in [-0.2, -0.15) is 0 Å². The minimum atomic E-state index is -0.507. The fraction of sp³-hybridized carbons (Fsp3) is 0.643. The van der Waals surface area contributed by atoms with E-state index in [0.29, 0.717) is 12.5 Å². The monoisotopic (exact) mass is 280 g/mol. The smallest absolute Gasteiger partial charge is 0.293 e. The van der Waals surface area contributed by atoms with Crippen LogP contribution < -0.4 is 16.2 Å². The summed E-state index contributed by atoms with van der Waals surface area (Å²) < 4.78 is 1.60. The first-order valence-corrected chi connectivity index (χ1v) is 6.93. The van der Waals surface area contributed by atoms with Gasteiger partial charge in [0.25, 0.3) is 5.56 Å². The first-order valence-electron chi connectivity index (χ1n) is 6.93. The highest BCUT2D eigenvalue weighted by atomic mass is 16.2. The van der Waals surface area contributed by atoms with E-state index in [-0.39, 0.29) is 23.3 Å². The zero-order valence-corrected chi connectivity index (χ0v) is 12.8. The molecule has 1 atom stereocenters. The van der Waals surface area contributed by atoms with Gasteiger partial charge in [0.15, 0.2) is 5.82 Å². The molecule has 0 aromatic carbocycles. The molecule has 0 radical (unpaired) electrons. The first-order chi connectivity index (χ1) is 9.31. The maximum absolute atomic E-state index is 12.2. The molecule has 1 amide bonds. The van der Waals surface area contributed by atoms with Crippen LogP contribution in [0.4, 0.5) is 5.82 Å². The van der Waals surface area contributed by atoms with Gasteiger partial charge in [-0.1, -0.05) is 13.8 Å². The second-order valence-corrected chi connectivity index (χ2v) is 5.66. The zero-order valence-electron chi connectivity index (χ0n) is 12.8. The summed E-state index contributed by atoms with van der Waals surface area (Å²) in [5, 5.41) is 5.66. The van der Waals surface area contributed by atoms with Crippen molar-refractivity contribution >= 4 is 11.7 Å². The van der Waals surface area contributed by atoms with Gasteiger partial charge in [0, 0.05) is 25.0 Å². The zero-order chi connectivity index (χ0) is 15.3. The molecular weight excluding hydrogens is 256 g/mol. The molecule has 2 N–H and O–H groups in total. The third-order valence-corrected chi connectivity index (χ3v) is 2.65. The normalized spacial score (nSPS) is 12.6. The standard InChI is InChI=1S/C14H24N4O2/c1-9(2)8-18-7-6-15-12(14(18)20)17-11(5)13(19)16-10(3)4/h6-7,9-11H,8H2,1-5H3,(H,15,17)(H,16,19). The lowest BCUT2D eigenvalue weighted by molar-refractivity contribution is -0.122. The van der Waals surface area contributed by atoms with Crippen LogP contribution in [0.2, 0.25) is 0 Å². The van der Waals surface area contributed by atoms with E-state index in [1.807, 2.05) is 27.7 Å². The topological polar surface area (TPSA) is 76.0 Å². The second-order valence-electron chi connectivity index (χ2n) is 5.66. The molecule has 1 aromatic heterocycles.